The number of anilines is 1. The fraction of sp³-hybridized carbons (Fsp3) is 0.143. The number of oxazole rings is 1. The van der Waals surface area contributed by atoms with Gasteiger partial charge < -0.3 is 4.42 Å². The summed E-state index contributed by atoms with van der Waals surface area (Å²) in [6.45, 7) is 0. The van der Waals surface area contributed by atoms with Crippen LogP contribution < -0.4 is 5.32 Å². The molecule has 7 nitrogen and oxygen atoms in total. The van der Waals surface area contributed by atoms with E-state index in [4.69, 9.17) is 4.42 Å². The highest BCUT2D eigenvalue weighted by Crippen LogP contribution is 2.27. The Kier molecular flexibility index (Phi) is 3.80. The van der Waals surface area contributed by atoms with E-state index in [1.54, 1.807) is 24.3 Å². The molecule has 1 aromatic carbocycles. The third-order valence-corrected chi connectivity index (χ3v) is 2.99. The fourth-order valence-electron chi connectivity index (χ4n) is 1.87. The van der Waals surface area contributed by atoms with Gasteiger partial charge in [-0.3, -0.25) is 10.1 Å². The van der Waals surface area contributed by atoms with Crippen molar-refractivity contribution in [3.8, 4) is 11.5 Å². The molecule has 124 valence electrons. The van der Waals surface area contributed by atoms with E-state index in [-0.39, 0.29) is 17.6 Å². The molecule has 3 aromatic rings. The van der Waals surface area contributed by atoms with E-state index in [1.165, 1.54) is 13.2 Å². The van der Waals surface area contributed by atoms with Crippen LogP contribution in [0.5, 0.6) is 0 Å². The Bertz CT molecular complexity index is 870. The average molecular weight is 337 g/mol. The lowest BCUT2D eigenvalue weighted by molar-refractivity contribution is -0.144. The summed E-state index contributed by atoms with van der Waals surface area (Å²) in [5.74, 6) is -2.43. The molecule has 24 heavy (non-hydrogen) atoms. The van der Waals surface area contributed by atoms with E-state index in [0.29, 0.717) is 5.56 Å². The molecule has 10 heteroatoms. The van der Waals surface area contributed by atoms with Crippen molar-refractivity contribution in [1.29, 1.82) is 0 Å². The lowest BCUT2D eigenvalue weighted by atomic mass is 10.2. The number of aryl methyl sites for hydroxylation is 1. The molecular formula is C14H10F3N5O2. The second-order valence-electron chi connectivity index (χ2n) is 4.73. The summed E-state index contributed by atoms with van der Waals surface area (Å²) in [5.41, 5.74) is 0.662. The van der Waals surface area contributed by atoms with Crippen molar-refractivity contribution in [2.24, 2.45) is 7.05 Å². The van der Waals surface area contributed by atoms with Crippen molar-refractivity contribution in [2.45, 2.75) is 6.18 Å². The molecule has 0 aliphatic carbocycles. The van der Waals surface area contributed by atoms with Crippen LogP contribution >= 0.6 is 0 Å². The number of carbonyl (C=O) groups excluding carboxylic acids is 1. The van der Waals surface area contributed by atoms with E-state index in [0.717, 1.165) is 4.68 Å². The van der Waals surface area contributed by atoms with Crippen molar-refractivity contribution in [3.05, 3.63) is 48.1 Å². The van der Waals surface area contributed by atoms with E-state index in [2.05, 4.69) is 20.4 Å². The summed E-state index contributed by atoms with van der Waals surface area (Å²) in [4.78, 5) is 19.3. The Morgan fingerprint density at radius 3 is 2.58 bits per heavy atom. The Balaban J connectivity index is 1.79. The standard InChI is InChI=1S/C14H10F3N5O2/c1-22-13(20-12(21-22)14(15,16)17)19-10(23)9-7-18-11(24-9)8-5-3-2-4-6-8/h2-7H,1H3,(H,19,20,21,23). The topological polar surface area (TPSA) is 85.8 Å². The molecule has 2 aromatic heterocycles. The normalized spacial score (nSPS) is 11.5. The van der Waals surface area contributed by atoms with Gasteiger partial charge in [0.25, 0.3) is 11.7 Å². The summed E-state index contributed by atoms with van der Waals surface area (Å²) in [7, 11) is 1.23. The quantitative estimate of drug-likeness (QED) is 0.794. The second kappa shape index (κ2) is 5.80. The largest absolute Gasteiger partial charge is 0.453 e. The minimum absolute atomic E-state index is 0.162. The minimum atomic E-state index is -4.70. The Hall–Kier alpha value is -3.17. The van der Waals surface area contributed by atoms with Crippen LogP contribution in [-0.4, -0.2) is 25.7 Å². The summed E-state index contributed by atoms with van der Waals surface area (Å²) in [6.07, 6.45) is -3.52. The number of aromatic nitrogens is 4. The molecule has 0 radical (unpaired) electrons. The molecular weight excluding hydrogens is 327 g/mol. The summed E-state index contributed by atoms with van der Waals surface area (Å²) < 4.78 is 43.8. The highest BCUT2D eigenvalue weighted by molar-refractivity contribution is 6.01. The molecule has 0 aliphatic heterocycles. The number of carbonyl (C=O) groups is 1. The van der Waals surface area contributed by atoms with Crippen LogP contribution in [0.4, 0.5) is 19.1 Å². The van der Waals surface area contributed by atoms with Crippen molar-refractivity contribution in [2.75, 3.05) is 5.32 Å². The maximum Gasteiger partial charge on any atom is 0.453 e. The Morgan fingerprint density at radius 1 is 1.25 bits per heavy atom. The van der Waals surface area contributed by atoms with Crippen LogP contribution in [0.2, 0.25) is 0 Å². The van der Waals surface area contributed by atoms with Crippen LogP contribution in [0.25, 0.3) is 11.5 Å². The van der Waals surface area contributed by atoms with Gasteiger partial charge in [-0.15, -0.1) is 5.10 Å². The van der Waals surface area contributed by atoms with E-state index in [9.17, 15) is 18.0 Å². The van der Waals surface area contributed by atoms with Crippen LogP contribution in [0.15, 0.2) is 40.9 Å². The minimum Gasteiger partial charge on any atom is -0.431 e. The van der Waals surface area contributed by atoms with Gasteiger partial charge in [-0.25, -0.2) is 9.67 Å². The molecule has 0 spiro atoms. The SMILES string of the molecule is Cn1nc(C(F)(F)F)nc1NC(=O)c1cnc(-c2ccccc2)o1. The second-order valence-corrected chi connectivity index (χ2v) is 4.73. The molecule has 0 atom stereocenters. The third kappa shape index (κ3) is 3.12. The van der Waals surface area contributed by atoms with Gasteiger partial charge in [0.05, 0.1) is 6.20 Å². The van der Waals surface area contributed by atoms with E-state index >= 15 is 0 Å². The van der Waals surface area contributed by atoms with Gasteiger partial charge in [0, 0.05) is 12.6 Å². The molecule has 1 N–H and O–H groups in total. The van der Waals surface area contributed by atoms with Crippen molar-refractivity contribution >= 4 is 11.9 Å². The van der Waals surface area contributed by atoms with Gasteiger partial charge in [0.2, 0.25) is 17.6 Å². The number of halogens is 3. The van der Waals surface area contributed by atoms with Crippen molar-refractivity contribution < 1.29 is 22.4 Å². The first-order valence-corrected chi connectivity index (χ1v) is 6.65. The van der Waals surface area contributed by atoms with E-state index in [1.807, 2.05) is 6.07 Å². The number of amides is 1. The first-order chi connectivity index (χ1) is 11.3. The maximum atomic E-state index is 12.6. The maximum absolute atomic E-state index is 12.6. The zero-order valence-electron chi connectivity index (χ0n) is 12.2. The number of benzene rings is 1. The molecule has 0 unspecified atom stereocenters. The first kappa shape index (κ1) is 15.7. The smallest absolute Gasteiger partial charge is 0.431 e. The predicted octanol–water partition coefficient (Wildman–Crippen LogP) is 2.74. The Labute approximate surface area is 133 Å². The van der Waals surface area contributed by atoms with Gasteiger partial charge in [0.15, 0.2) is 0 Å². The highest BCUT2D eigenvalue weighted by Gasteiger charge is 2.37. The van der Waals surface area contributed by atoms with Gasteiger partial charge >= 0.3 is 6.18 Å². The van der Waals surface area contributed by atoms with Gasteiger partial charge in [-0.2, -0.15) is 18.2 Å². The van der Waals surface area contributed by atoms with Crippen LogP contribution in [-0.2, 0) is 13.2 Å². The number of hydrogen-bond acceptors (Lipinski definition) is 5. The van der Waals surface area contributed by atoms with E-state index < -0.39 is 17.9 Å². The molecule has 0 saturated heterocycles. The number of nitrogens with zero attached hydrogens (tertiary/aromatic N) is 4. The number of alkyl halides is 3. The number of nitrogens with one attached hydrogen (secondary N) is 1. The molecule has 1 amide bonds. The van der Waals surface area contributed by atoms with Crippen LogP contribution in [0, 0.1) is 0 Å². The third-order valence-electron chi connectivity index (χ3n) is 2.99. The van der Waals surface area contributed by atoms with Crippen molar-refractivity contribution in [3.63, 3.8) is 0 Å². The monoisotopic (exact) mass is 337 g/mol. The summed E-state index contributed by atoms with van der Waals surface area (Å²) in [5, 5.41) is 5.40. The van der Waals surface area contributed by atoms with Crippen LogP contribution in [0.3, 0.4) is 0 Å². The van der Waals surface area contributed by atoms with Crippen LogP contribution in [0.1, 0.15) is 16.4 Å². The zero-order valence-corrected chi connectivity index (χ0v) is 12.2. The van der Waals surface area contributed by atoms with Gasteiger partial charge in [-0.05, 0) is 12.1 Å². The molecule has 0 bridgehead atoms. The average Bonchev–Trinajstić information content (AvgIpc) is 3.15. The highest BCUT2D eigenvalue weighted by atomic mass is 19.4. The molecule has 2 heterocycles. The lowest BCUT2D eigenvalue weighted by Gasteiger charge is -2.00. The zero-order chi connectivity index (χ0) is 17.3. The lowest BCUT2D eigenvalue weighted by Crippen LogP contribution is -2.14. The fourth-order valence-corrected chi connectivity index (χ4v) is 1.87. The molecule has 0 aliphatic rings. The molecule has 3 rings (SSSR count). The Morgan fingerprint density at radius 2 is 1.96 bits per heavy atom. The molecule has 0 saturated carbocycles. The predicted molar refractivity (Wildman–Crippen MR) is 75.9 cm³/mol. The summed E-state index contributed by atoms with van der Waals surface area (Å²) in [6, 6.07) is 8.85. The molecule has 0 fully saturated rings. The number of hydrogen-bond donors (Lipinski definition) is 1. The number of rotatable bonds is 3. The van der Waals surface area contributed by atoms with Crippen molar-refractivity contribution in [1.82, 2.24) is 19.7 Å². The van der Waals surface area contributed by atoms with Gasteiger partial charge in [0.1, 0.15) is 0 Å². The van der Waals surface area contributed by atoms with Gasteiger partial charge in [-0.1, -0.05) is 18.2 Å². The first-order valence-electron chi connectivity index (χ1n) is 6.65. The summed E-state index contributed by atoms with van der Waals surface area (Å²) >= 11 is 0.